The number of carbonyl (C=O) groups is 1. The quantitative estimate of drug-likeness (QED) is 0.691. The Hall–Kier alpha value is -2.15. The number of nitrogens with one attached hydrogen (secondary N) is 2. The molecule has 17 heavy (non-hydrogen) atoms. The van der Waals surface area contributed by atoms with E-state index < -0.39 is 5.91 Å². The highest BCUT2D eigenvalue weighted by atomic mass is 35.5. The number of aryl methyl sites for hydroxylation is 1. The summed E-state index contributed by atoms with van der Waals surface area (Å²) < 4.78 is 0. The number of nitrogens with two attached hydrogens (primary N) is 1. The van der Waals surface area contributed by atoms with Crippen LogP contribution >= 0.6 is 11.6 Å². The number of carbonyl (C=O) groups excluding carboxylic acids is 1. The summed E-state index contributed by atoms with van der Waals surface area (Å²) in [5.74, 6) is -0.170. The van der Waals surface area contributed by atoms with Crippen molar-refractivity contribution >= 4 is 29.0 Å². The van der Waals surface area contributed by atoms with Gasteiger partial charge in [0.1, 0.15) is 17.3 Å². The molecule has 0 aromatic carbocycles. The van der Waals surface area contributed by atoms with Crippen LogP contribution in [0.1, 0.15) is 16.2 Å². The minimum atomic E-state index is -0.457. The molecule has 88 valence electrons. The lowest BCUT2D eigenvalue weighted by molar-refractivity contribution is 0.102. The van der Waals surface area contributed by atoms with E-state index in [0.29, 0.717) is 11.4 Å². The van der Waals surface area contributed by atoms with E-state index in [2.05, 4.69) is 25.5 Å². The maximum absolute atomic E-state index is 11.8. The van der Waals surface area contributed by atoms with Crippen LogP contribution < -0.4 is 11.1 Å². The van der Waals surface area contributed by atoms with Crippen LogP contribution in [0, 0.1) is 6.92 Å². The highest BCUT2D eigenvalue weighted by Crippen LogP contribution is 2.15. The Morgan fingerprint density at radius 3 is 2.88 bits per heavy atom. The first-order valence-electron chi connectivity index (χ1n) is 4.67. The molecule has 2 aromatic heterocycles. The fourth-order valence-electron chi connectivity index (χ4n) is 1.19. The van der Waals surface area contributed by atoms with E-state index in [1.807, 2.05) is 0 Å². The number of aromatic nitrogens is 4. The topological polar surface area (TPSA) is 110 Å². The first kappa shape index (κ1) is 11.3. The van der Waals surface area contributed by atoms with Crippen molar-refractivity contribution in [3.63, 3.8) is 0 Å². The van der Waals surface area contributed by atoms with E-state index in [1.165, 1.54) is 12.4 Å². The van der Waals surface area contributed by atoms with Crippen molar-refractivity contribution in [2.24, 2.45) is 0 Å². The summed E-state index contributed by atoms with van der Waals surface area (Å²) in [6.45, 7) is 1.72. The average Bonchev–Trinajstić information content (AvgIpc) is 2.60. The molecule has 0 aliphatic heterocycles. The molecule has 2 aromatic rings. The van der Waals surface area contributed by atoms with Crippen molar-refractivity contribution in [2.75, 3.05) is 11.1 Å². The van der Waals surface area contributed by atoms with E-state index in [-0.39, 0.29) is 16.7 Å². The van der Waals surface area contributed by atoms with Gasteiger partial charge in [-0.3, -0.25) is 9.89 Å². The monoisotopic (exact) mass is 252 g/mol. The first-order valence-corrected chi connectivity index (χ1v) is 5.05. The largest absolute Gasteiger partial charge is 0.395 e. The second-order valence-electron chi connectivity index (χ2n) is 3.29. The van der Waals surface area contributed by atoms with Crippen molar-refractivity contribution in [1.82, 2.24) is 20.2 Å². The van der Waals surface area contributed by atoms with Crippen LogP contribution in [0.3, 0.4) is 0 Å². The van der Waals surface area contributed by atoms with Gasteiger partial charge >= 0.3 is 0 Å². The van der Waals surface area contributed by atoms with Gasteiger partial charge in [0, 0.05) is 6.07 Å². The fourth-order valence-corrected chi connectivity index (χ4v) is 1.34. The number of H-pyrrole nitrogens is 1. The molecule has 0 radical (unpaired) electrons. The summed E-state index contributed by atoms with van der Waals surface area (Å²) in [6.07, 6.45) is 1.25. The van der Waals surface area contributed by atoms with E-state index >= 15 is 0 Å². The third-order valence-electron chi connectivity index (χ3n) is 2.08. The molecule has 0 atom stereocenters. The zero-order valence-electron chi connectivity index (χ0n) is 8.86. The molecule has 0 unspecified atom stereocenters. The predicted molar refractivity (Wildman–Crippen MR) is 62.7 cm³/mol. The predicted octanol–water partition coefficient (Wildman–Crippen LogP) is 0.996. The molecule has 0 saturated carbocycles. The van der Waals surface area contributed by atoms with Gasteiger partial charge in [-0.15, -0.1) is 0 Å². The maximum atomic E-state index is 11.8. The molecule has 4 N–H and O–H groups in total. The molecule has 0 aliphatic carbocycles. The third kappa shape index (κ3) is 2.34. The summed E-state index contributed by atoms with van der Waals surface area (Å²) in [5, 5.41) is 9.17. The maximum Gasteiger partial charge on any atom is 0.279 e. The summed E-state index contributed by atoms with van der Waals surface area (Å²) >= 11 is 5.66. The van der Waals surface area contributed by atoms with Gasteiger partial charge in [-0.25, -0.2) is 9.97 Å². The zero-order chi connectivity index (χ0) is 12.4. The Bertz CT molecular complexity index is 566. The SMILES string of the molecule is Cc1[nH]nc(C(=O)Nc2cc(Cl)ncn2)c1N. The number of hydrogen-bond acceptors (Lipinski definition) is 5. The minimum absolute atomic E-state index is 0.122. The second kappa shape index (κ2) is 4.38. The van der Waals surface area contributed by atoms with Gasteiger partial charge in [0.05, 0.1) is 11.4 Å². The summed E-state index contributed by atoms with van der Waals surface area (Å²) in [6, 6.07) is 1.43. The number of halogens is 1. The fraction of sp³-hybridized carbons (Fsp3) is 0.111. The van der Waals surface area contributed by atoms with Crippen molar-refractivity contribution < 1.29 is 4.79 Å². The highest BCUT2D eigenvalue weighted by molar-refractivity contribution is 6.29. The van der Waals surface area contributed by atoms with Crippen molar-refractivity contribution in [3.05, 3.63) is 28.9 Å². The van der Waals surface area contributed by atoms with Crippen LogP contribution in [0.25, 0.3) is 0 Å². The summed E-state index contributed by atoms with van der Waals surface area (Å²) in [4.78, 5) is 19.3. The number of aromatic amines is 1. The molecule has 0 saturated heterocycles. The lowest BCUT2D eigenvalue weighted by atomic mass is 10.3. The average molecular weight is 253 g/mol. The van der Waals surface area contributed by atoms with Gasteiger partial charge in [-0.1, -0.05) is 11.6 Å². The van der Waals surface area contributed by atoms with Crippen molar-refractivity contribution in [1.29, 1.82) is 0 Å². The Morgan fingerprint density at radius 2 is 2.29 bits per heavy atom. The van der Waals surface area contributed by atoms with Gasteiger partial charge in [0.15, 0.2) is 5.69 Å². The van der Waals surface area contributed by atoms with E-state index in [1.54, 1.807) is 6.92 Å². The van der Waals surface area contributed by atoms with Gasteiger partial charge in [-0.05, 0) is 6.92 Å². The van der Waals surface area contributed by atoms with E-state index in [4.69, 9.17) is 17.3 Å². The minimum Gasteiger partial charge on any atom is -0.395 e. The number of nitrogen functional groups attached to an aromatic ring is 1. The standard InChI is InChI=1S/C9H9ClN6O/c1-4-7(11)8(16-15-4)9(17)14-6-2-5(10)12-3-13-6/h2-3H,11H2,1H3,(H,15,16)(H,12,13,14,17). The van der Waals surface area contributed by atoms with Gasteiger partial charge < -0.3 is 11.1 Å². The van der Waals surface area contributed by atoms with Crippen LogP contribution in [0.4, 0.5) is 11.5 Å². The van der Waals surface area contributed by atoms with Crippen molar-refractivity contribution in [2.45, 2.75) is 6.92 Å². The zero-order valence-corrected chi connectivity index (χ0v) is 9.62. The second-order valence-corrected chi connectivity index (χ2v) is 3.68. The van der Waals surface area contributed by atoms with Crippen LogP contribution in [0.5, 0.6) is 0 Å². The molecule has 7 nitrogen and oxygen atoms in total. The Morgan fingerprint density at radius 1 is 1.53 bits per heavy atom. The first-order chi connectivity index (χ1) is 8.08. The Balaban J connectivity index is 2.20. The molecular weight excluding hydrogens is 244 g/mol. The molecular formula is C9H9ClN6O. The van der Waals surface area contributed by atoms with Crippen LogP contribution in [0.15, 0.2) is 12.4 Å². The molecule has 0 spiro atoms. The Labute approximate surface area is 101 Å². The molecule has 0 bridgehead atoms. The summed E-state index contributed by atoms with van der Waals surface area (Å²) in [5.41, 5.74) is 6.74. The number of rotatable bonds is 2. The highest BCUT2D eigenvalue weighted by Gasteiger charge is 2.15. The molecule has 1 amide bonds. The number of anilines is 2. The smallest absolute Gasteiger partial charge is 0.279 e. The summed E-state index contributed by atoms with van der Waals surface area (Å²) in [7, 11) is 0. The van der Waals surface area contributed by atoms with Crippen molar-refractivity contribution in [3.8, 4) is 0 Å². The normalized spacial score (nSPS) is 10.2. The third-order valence-corrected chi connectivity index (χ3v) is 2.29. The number of nitrogens with zero attached hydrogens (tertiary/aromatic N) is 3. The van der Waals surface area contributed by atoms with Gasteiger partial charge in [-0.2, -0.15) is 5.10 Å². The molecule has 0 fully saturated rings. The van der Waals surface area contributed by atoms with Gasteiger partial charge in [0.25, 0.3) is 5.91 Å². The number of hydrogen-bond donors (Lipinski definition) is 3. The molecule has 8 heteroatoms. The Kier molecular flexibility index (Phi) is 2.92. The van der Waals surface area contributed by atoms with Gasteiger partial charge in [0.2, 0.25) is 0 Å². The van der Waals surface area contributed by atoms with Crippen LogP contribution in [-0.4, -0.2) is 26.1 Å². The molecule has 2 heterocycles. The molecule has 2 rings (SSSR count). The lowest BCUT2D eigenvalue weighted by Crippen LogP contribution is -2.15. The van der Waals surface area contributed by atoms with Crippen LogP contribution in [0.2, 0.25) is 5.15 Å². The van der Waals surface area contributed by atoms with E-state index in [9.17, 15) is 4.79 Å². The van der Waals surface area contributed by atoms with E-state index in [0.717, 1.165) is 0 Å². The lowest BCUT2D eigenvalue weighted by Gasteiger charge is -2.02. The molecule has 0 aliphatic rings. The van der Waals surface area contributed by atoms with Crippen LogP contribution in [-0.2, 0) is 0 Å². The number of amides is 1.